The van der Waals surface area contributed by atoms with Crippen molar-refractivity contribution in [2.45, 2.75) is 6.54 Å². The number of halogens is 1. The van der Waals surface area contributed by atoms with Crippen molar-refractivity contribution in [1.82, 2.24) is 0 Å². The Morgan fingerprint density at radius 2 is 1.81 bits per heavy atom. The molecule has 0 aromatic heterocycles. The Kier molecular flexibility index (Phi) is 3.32. The fourth-order valence-corrected chi connectivity index (χ4v) is 1.63. The van der Waals surface area contributed by atoms with Gasteiger partial charge in [-0.2, -0.15) is 0 Å². The number of benzene rings is 2. The zero-order chi connectivity index (χ0) is 11.4. The number of rotatable bonds is 3. The molecule has 0 saturated heterocycles. The lowest BCUT2D eigenvalue weighted by Crippen LogP contribution is -1.99. The number of aromatic hydroxyl groups is 1. The normalized spacial score (nSPS) is 10.1. The van der Waals surface area contributed by atoms with Crippen LogP contribution in [0.3, 0.4) is 0 Å². The Hall–Kier alpha value is -1.67. The first-order valence-electron chi connectivity index (χ1n) is 5.02. The van der Waals surface area contributed by atoms with Gasteiger partial charge in [-0.15, -0.1) is 0 Å². The predicted octanol–water partition coefficient (Wildman–Crippen LogP) is 3.66. The first-order valence-corrected chi connectivity index (χ1v) is 5.40. The molecule has 0 saturated carbocycles. The molecular formula is C13H12ClNO. The summed E-state index contributed by atoms with van der Waals surface area (Å²) in [7, 11) is 0. The summed E-state index contributed by atoms with van der Waals surface area (Å²) in [5.74, 6) is 0.208. The summed E-state index contributed by atoms with van der Waals surface area (Å²) in [4.78, 5) is 0. The second-order valence-electron chi connectivity index (χ2n) is 3.50. The van der Waals surface area contributed by atoms with Gasteiger partial charge in [-0.05, 0) is 17.7 Å². The van der Waals surface area contributed by atoms with Crippen LogP contribution in [0.25, 0.3) is 0 Å². The van der Waals surface area contributed by atoms with Gasteiger partial charge in [-0.25, -0.2) is 0 Å². The molecule has 0 atom stereocenters. The maximum Gasteiger partial charge on any atom is 0.117 e. The smallest absolute Gasteiger partial charge is 0.117 e. The average molecular weight is 234 g/mol. The molecule has 2 N–H and O–H groups in total. The van der Waals surface area contributed by atoms with Gasteiger partial charge in [-0.3, -0.25) is 0 Å². The number of phenols is 1. The van der Waals surface area contributed by atoms with E-state index in [2.05, 4.69) is 5.32 Å². The first-order chi connectivity index (χ1) is 7.75. The Labute approximate surface area is 99.5 Å². The molecule has 3 heteroatoms. The summed E-state index contributed by atoms with van der Waals surface area (Å²) in [6, 6.07) is 14.9. The van der Waals surface area contributed by atoms with Crippen LogP contribution in [0, 0.1) is 0 Å². The summed E-state index contributed by atoms with van der Waals surface area (Å²) in [5, 5.41) is 13.1. The van der Waals surface area contributed by atoms with Gasteiger partial charge in [0.2, 0.25) is 0 Å². The first kappa shape index (κ1) is 10.8. The number of hydrogen-bond acceptors (Lipinski definition) is 2. The van der Waals surface area contributed by atoms with Crippen LogP contribution in [-0.4, -0.2) is 5.11 Å². The molecule has 0 amide bonds. The Morgan fingerprint density at radius 1 is 1.06 bits per heavy atom. The highest BCUT2D eigenvalue weighted by atomic mass is 35.5. The lowest BCUT2D eigenvalue weighted by atomic mass is 10.2. The van der Waals surface area contributed by atoms with Crippen molar-refractivity contribution in [3.05, 3.63) is 59.1 Å². The van der Waals surface area contributed by atoms with Crippen LogP contribution in [0.1, 0.15) is 5.56 Å². The third-order valence-electron chi connectivity index (χ3n) is 2.28. The van der Waals surface area contributed by atoms with Crippen LogP contribution in [0.15, 0.2) is 48.5 Å². The minimum atomic E-state index is 0.208. The summed E-state index contributed by atoms with van der Waals surface area (Å²) in [6.07, 6.45) is 0. The van der Waals surface area contributed by atoms with Crippen molar-refractivity contribution in [3.8, 4) is 5.75 Å². The zero-order valence-electron chi connectivity index (χ0n) is 8.65. The van der Waals surface area contributed by atoms with Crippen LogP contribution < -0.4 is 5.32 Å². The van der Waals surface area contributed by atoms with Crippen molar-refractivity contribution < 1.29 is 5.11 Å². The highest BCUT2D eigenvalue weighted by molar-refractivity contribution is 6.33. The van der Waals surface area contributed by atoms with E-state index in [0.29, 0.717) is 11.6 Å². The fourth-order valence-electron chi connectivity index (χ4n) is 1.44. The Bertz CT molecular complexity index is 471. The van der Waals surface area contributed by atoms with E-state index in [4.69, 9.17) is 11.6 Å². The van der Waals surface area contributed by atoms with Crippen LogP contribution in [0.4, 0.5) is 5.69 Å². The number of phenolic OH excluding ortho intramolecular Hbond substituents is 1. The number of nitrogens with one attached hydrogen (secondary N) is 1. The van der Waals surface area contributed by atoms with E-state index in [0.717, 1.165) is 5.69 Å². The van der Waals surface area contributed by atoms with Crippen LogP contribution in [-0.2, 0) is 6.54 Å². The molecule has 0 unspecified atom stereocenters. The summed E-state index contributed by atoms with van der Waals surface area (Å²) >= 11 is 5.99. The minimum Gasteiger partial charge on any atom is -0.508 e. The molecule has 0 aliphatic carbocycles. The molecule has 2 aromatic carbocycles. The van der Waals surface area contributed by atoms with E-state index < -0.39 is 0 Å². The van der Waals surface area contributed by atoms with Gasteiger partial charge in [0.25, 0.3) is 0 Å². The molecule has 0 aliphatic rings. The standard InChI is InChI=1S/C13H12ClNO/c14-12-7-6-11(16)8-13(12)15-9-10-4-2-1-3-5-10/h1-8,15-16H,9H2. The van der Waals surface area contributed by atoms with E-state index in [9.17, 15) is 5.11 Å². The quantitative estimate of drug-likeness (QED) is 0.848. The summed E-state index contributed by atoms with van der Waals surface area (Å²) in [6.45, 7) is 0.685. The van der Waals surface area contributed by atoms with Crippen molar-refractivity contribution >= 4 is 17.3 Å². The molecule has 16 heavy (non-hydrogen) atoms. The molecule has 2 nitrogen and oxygen atoms in total. The van der Waals surface area contributed by atoms with Gasteiger partial charge in [0.1, 0.15) is 5.75 Å². The second-order valence-corrected chi connectivity index (χ2v) is 3.91. The van der Waals surface area contributed by atoms with Gasteiger partial charge < -0.3 is 10.4 Å². The monoisotopic (exact) mass is 233 g/mol. The average Bonchev–Trinajstić information content (AvgIpc) is 2.32. The van der Waals surface area contributed by atoms with Crippen LogP contribution in [0.5, 0.6) is 5.75 Å². The third-order valence-corrected chi connectivity index (χ3v) is 2.61. The SMILES string of the molecule is Oc1ccc(Cl)c(NCc2ccccc2)c1. The van der Waals surface area contributed by atoms with Gasteiger partial charge >= 0.3 is 0 Å². The summed E-state index contributed by atoms with van der Waals surface area (Å²) in [5.41, 5.74) is 1.91. The maximum atomic E-state index is 9.34. The Balaban J connectivity index is 2.08. The highest BCUT2D eigenvalue weighted by Gasteiger charge is 2.00. The largest absolute Gasteiger partial charge is 0.508 e. The van der Waals surface area contributed by atoms with Gasteiger partial charge in [-0.1, -0.05) is 41.9 Å². The maximum absolute atomic E-state index is 9.34. The summed E-state index contributed by atoms with van der Waals surface area (Å²) < 4.78 is 0. The lowest BCUT2D eigenvalue weighted by molar-refractivity contribution is 0.475. The van der Waals surface area contributed by atoms with Gasteiger partial charge in [0, 0.05) is 12.6 Å². The second kappa shape index (κ2) is 4.90. The predicted molar refractivity (Wildman–Crippen MR) is 66.9 cm³/mol. The highest BCUT2D eigenvalue weighted by Crippen LogP contribution is 2.26. The zero-order valence-corrected chi connectivity index (χ0v) is 9.41. The molecule has 0 bridgehead atoms. The fraction of sp³-hybridized carbons (Fsp3) is 0.0769. The van der Waals surface area contributed by atoms with Crippen molar-refractivity contribution in [3.63, 3.8) is 0 Å². The van der Waals surface area contributed by atoms with Gasteiger partial charge in [0.05, 0.1) is 10.7 Å². The van der Waals surface area contributed by atoms with E-state index in [1.165, 1.54) is 5.56 Å². The van der Waals surface area contributed by atoms with E-state index in [1.807, 2.05) is 30.3 Å². The molecule has 82 valence electrons. The molecule has 0 radical (unpaired) electrons. The van der Waals surface area contributed by atoms with Crippen molar-refractivity contribution in [1.29, 1.82) is 0 Å². The molecule has 0 fully saturated rings. The van der Waals surface area contributed by atoms with Crippen molar-refractivity contribution in [2.75, 3.05) is 5.32 Å². The Morgan fingerprint density at radius 3 is 2.56 bits per heavy atom. The minimum absolute atomic E-state index is 0.208. The van der Waals surface area contributed by atoms with E-state index in [1.54, 1.807) is 18.2 Å². The van der Waals surface area contributed by atoms with Crippen LogP contribution in [0.2, 0.25) is 5.02 Å². The topological polar surface area (TPSA) is 32.3 Å². The number of anilines is 1. The molecule has 0 aliphatic heterocycles. The molecule has 2 rings (SSSR count). The van der Waals surface area contributed by atoms with Crippen LogP contribution >= 0.6 is 11.6 Å². The number of hydrogen-bond donors (Lipinski definition) is 2. The van der Waals surface area contributed by atoms with Gasteiger partial charge in [0.15, 0.2) is 0 Å². The molecule has 0 heterocycles. The lowest BCUT2D eigenvalue weighted by Gasteiger charge is -2.08. The van der Waals surface area contributed by atoms with E-state index in [-0.39, 0.29) is 5.75 Å². The third kappa shape index (κ3) is 2.67. The van der Waals surface area contributed by atoms with Crippen molar-refractivity contribution in [2.24, 2.45) is 0 Å². The van der Waals surface area contributed by atoms with E-state index >= 15 is 0 Å². The molecular weight excluding hydrogens is 222 g/mol. The molecule has 0 spiro atoms. The molecule has 2 aromatic rings.